The molecule has 0 unspecified atom stereocenters. The van der Waals surface area contributed by atoms with Crippen LogP contribution in [0.4, 0.5) is 5.82 Å². The van der Waals surface area contributed by atoms with Crippen LogP contribution in [0.15, 0.2) is 48.4 Å². The summed E-state index contributed by atoms with van der Waals surface area (Å²) in [6, 6.07) is 8.09. The summed E-state index contributed by atoms with van der Waals surface area (Å²) in [6.07, 6.45) is 2.50. The number of aliphatic hydroxyl groups is 2. The van der Waals surface area contributed by atoms with Crippen molar-refractivity contribution >= 4 is 17.6 Å². The monoisotopic (exact) mass is 472 g/mol. The van der Waals surface area contributed by atoms with Crippen LogP contribution in [0.3, 0.4) is 0 Å². The summed E-state index contributed by atoms with van der Waals surface area (Å²) in [4.78, 5) is 27.4. The molecule has 2 atom stereocenters. The summed E-state index contributed by atoms with van der Waals surface area (Å²) >= 11 is 0. The van der Waals surface area contributed by atoms with Crippen LogP contribution in [0.2, 0.25) is 0 Å². The number of anilines is 1. The molecule has 3 N–H and O–H groups in total. The first-order chi connectivity index (χ1) is 16.3. The second-order valence-corrected chi connectivity index (χ2v) is 8.45. The summed E-state index contributed by atoms with van der Waals surface area (Å²) in [5.41, 5.74) is 0. The average Bonchev–Trinajstić information content (AvgIpc) is 3.38. The number of benzene rings is 1. The Labute approximate surface area is 198 Å². The van der Waals surface area contributed by atoms with Gasteiger partial charge in [0.1, 0.15) is 11.8 Å². The van der Waals surface area contributed by atoms with Gasteiger partial charge < -0.3 is 29.9 Å². The first kappa shape index (κ1) is 25.3. The molecule has 2 amide bonds. The first-order valence-electron chi connectivity index (χ1n) is 11.3. The lowest BCUT2D eigenvalue weighted by atomic mass is 10.0. The van der Waals surface area contributed by atoms with E-state index in [1.165, 1.54) is 15.7 Å². The number of nitrogens with one attached hydrogen (secondary N) is 1. The van der Waals surface area contributed by atoms with Gasteiger partial charge in [-0.1, -0.05) is 26.0 Å². The van der Waals surface area contributed by atoms with Crippen molar-refractivity contribution < 1.29 is 29.3 Å². The van der Waals surface area contributed by atoms with Crippen molar-refractivity contribution in [3.8, 4) is 11.5 Å². The van der Waals surface area contributed by atoms with Gasteiger partial charge >= 0.3 is 0 Å². The molecular formula is C24H32N4O6. The zero-order chi connectivity index (χ0) is 24.7. The van der Waals surface area contributed by atoms with Crippen LogP contribution in [0, 0.1) is 5.92 Å². The number of carbonyl (C=O) groups is 2. The number of amides is 2. The van der Waals surface area contributed by atoms with Crippen LogP contribution in [-0.4, -0.2) is 68.6 Å². The Kier molecular flexibility index (Phi) is 8.67. The van der Waals surface area contributed by atoms with Gasteiger partial charge in [-0.25, -0.2) is 0 Å². The Morgan fingerprint density at radius 2 is 1.97 bits per heavy atom. The second kappa shape index (κ2) is 11.7. The zero-order valence-electron chi connectivity index (χ0n) is 19.7. The molecule has 0 spiro atoms. The van der Waals surface area contributed by atoms with Gasteiger partial charge in [0.2, 0.25) is 5.91 Å². The van der Waals surface area contributed by atoms with Crippen LogP contribution >= 0.6 is 0 Å². The fourth-order valence-corrected chi connectivity index (χ4v) is 3.62. The number of nitrogens with zero attached hydrogens (tertiary/aromatic N) is 3. The van der Waals surface area contributed by atoms with Gasteiger partial charge in [0.15, 0.2) is 17.3 Å². The number of ether oxygens (including phenoxy) is 2. The summed E-state index contributed by atoms with van der Waals surface area (Å²) in [7, 11) is 0. The van der Waals surface area contributed by atoms with E-state index >= 15 is 0 Å². The fraction of sp³-hybridized carbons (Fsp3) is 0.458. The van der Waals surface area contributed by atoms with E-state index in [-0.39, 0.29) is 37.4 Å². The molecule has 1 aromatic heterocycles. The lowest BCUT2D eigenvalue weighted by molar-refractivity contribution is -0.133. The third-order valence-corrected chi connectivity index (χ3v) is 5.16. The Hall–Kier alpha value is -3.37. The quantitative estimate of drug-likeness (QED) is 0.430. The molecular weight excluding hydrogens is 440 g/mol. The smallest absolute Gasteiger partial charge is 0.251 e. The van der Waals surface area contributed by atoms with E-state index in [4.69, 9.17) is 14.6 Å². The summed E-state index contributed by atoms with van der Waals surface area (Å²) in [5.74, 6) is 1.30. The Balaban J connectivity index is 1.69. The molecule has 3 rings (SSSR count). The van der Waals surface area contributed by atoms with Crippen molar-refractivity contribution in [1.29, 1.82) is 0 Å². The molecule has 1 aromatic carbocycles. The highest BCUT2D eigenvalue weighted by Crippen LogP contribution is 2.30. The number of aromatic nitrogens is 2. The number of carbonyl (C=O) groups excluding carboxylic acids is 2. The average molecular weight is 473 g/mol. The molecule has 1 aliphatic heterocycles. The van der Waals surface area contributed by atoms with Gasteiger partial charge in [-0.05, 0) is 31.4 Å². The molecule has 0 fully saturated rings. The molecule has 10 nitrogen and oxygen atoms in total. The summed E-state index contributed by atoms with van der Waals surface area (Å²) < 4.78 is 13.0. The standard InChI is InChI=1S/C24H32N4O6/c1-4-33-20-7-5-6-8-21(20)34-18-12-23(31)28(14-18)19(11-16(2)3)24(32)25-22-9-10-27(26-22)13-17(30)15-29/h5-10,12,16-17,19,29-30H,4,11,13-15H2,1-3H3,(H,25,26,32)/t17-,19+/m1/s1. The maximum Gasteiger partial charge on any atom is 0.251 e. The van der Waals surface area contributed by atoms with Crippen LogP contribution < -0.4 is 14.8 Å². The van der Waals surface area contributed by atoms with Crippen molar-refractivity contribution in [3.63, 3.8) is 0 Å². The van der Waals surface area contributed by atoms with Gasteiger partial charge in [-0.3, -0.25) is 14.3 Å². The molecule has 0 aliphatic carbocycles. The van der Waals surface area contributed by atoms with Crippen molar-refractivity contribution in [2.75, 3.05) is 25.1 Å². The Morgan fingerprint density at radius 1 is 1.24 bits per heavy atom. The number of para-hydroxylation sites is 2. The SMILES string of the molecule is CCOc1ccccc1OC1=CC(=O)N([C@@H](CC(C)C)C(=O)Nc2ccn(C[C@@H](O)CO)n2)C1. The van der Waals surface area contributed by atoms with Gasteiger partial charge in [0.05, 0.1) is 32.4 Å². The van der Waals surface area contributed by atoms with Gasteiger partial charge in [-0.2, -0.15) is 5.10 Å². The summed E-state index contributed by atoms with van der Waals surface area (Å²) in [5, 5.41) is 25.5. The van der Waals surface area contributed by atoms with Gasteiger partial charge in [0, 0.05) is 18.3 Å². The van der Waals surface area contributed by atoms with E-state index in [0.717, 1.165) is 0 Å². The molecule has 2 heterocycles. The largest absolute Gasteiger partial charge is 0.490 e. The molecule has 0 saturated heterocycles. The lowest BCUT2D eigenvalue weighted by Gasteiger charge is -2.28. The number of aliphatic hydroxyl groups excluding tert-OH is 2. The minimum absolute atomic E-state index is 0.0975. The molecule has 0 saturated carbocycles. The second-order valence-electron chi connectivity index (χ2n) is 8.45. The zero-order valence-corrected chi connectivity index (χ0v) is 19.7. The maximum atomic E-state index is 13.1. The van der Waals surface area contributed by atoms with Gasteiger partial charge in [-0.15, -0.1) is 0 Å². The van der Waals surface area contributed by atoms with E-state index in [9.17, 15) is 14.7 Å². The predicted octanol–water partition coefficient (Wildman–Crippen LogP) is 1.79. The van der Waals surface area contributed by atoms with Crippen molar-refractivity contribution in [1.82, 2.24) is 14.7 Å². The molecule has 2 aromatic rings. The van der Waals surface area contributed by atoms with E-state index in [0.29, 0.717) is 36.1 Å². The van der Waals surface area contributed by atoms with Crippen LogP contribution in [0.5, 0.6) is 11.5 Å². The van der Waals surface area contributed by atoms with E-state index < -0.39 is 12.1 Å². The highest BCUT2D eigenvalue weighted by Gasteiger charge is 2.35. The minimum atomic E-state index is -0.947. The third kappa shape index (κ3) is 6.58. The van der Waals surface area contributed by atoms with Crippen molar-refractivity contribution in [2.45, 2.75) is 45.9 Å². The molecule has 0 radical (unpaired) electrons. The Morgan fingerprint density at radius 3 is 2.65 bits per heavy atom. The highest BCUT2D eigenvalue weighted by atomic mass is 16.5. The fourth-order valence-electron chi connectivity index (χ4n) is 3.62. The summed E-state index contributed by atoms with van der Waals surface area (Å²) in [6.45, 7) is 6.19. The predicted molar refractivity (Wildman–Crippen MR) is 125 cm³/mol. The van der Waals surface area contributed by atoms with E-state index in [2.05, 4.69) is 10.4 Å². The molecule has 34 heavy (non-hydrogen) atoms. The van der Waals surface area contributed by atoms with Gasteiger partial charge in [0.25, 0.3) is 5.91 Å². The van der Waals surface area contributed by atoms with Crippen molar-refractivity contribution in [2.24, 2.45) is 5.92 Å². The topological polar surface area (TPSA) is 126 Å². The van der Waals surface area contributed by atoms with Crippen LogP contribution in [0.1, 0.15) is 27.2 Å². The lowest BCUT2D eigenvalue weighted by Crippen LogP contribution is -2.46. The number of hydrogen-bond donors (Lipinski definition) is 3. The normalized spacial score (nSPS) is 15.3. The molecule has 1 aliphatic rings. The highest BCUT2D eigenvalue weighted by molar-refractivity contribution is 5.99. The third-order valence-electron chi connectivity index (χ3n) is 5.16. The first-order valence-corrected chi connectivity index (χ1v) is 11.3. The maximum absolute atomic E-state index is 13.1. The van der Waals surface area contributed by atoms with Crippen LogP contribution in [0.25, 0.3) is 0 Å². The molecule has 10 heteroatoms. The van der Waals surface area contributed by atoms with Crippen molar-refractivity contribution in [3.05, 3.63) is 48.4 Å². The van der Waals surface area contributed by atoms with Crippen LogP contribution in [-0.2, 0) is 16.1 Å². The Bertz CT molecular complexity index is 1020. The minimum Gasteiger partial charge on any atom is -0.490 e. The van der Waals surface area contributed by atoms with E-state index in [1.54, 1.807) is 24.4 Å². The van der Waals surface area contributed by atoms with E-state index in [1.807, 2.05) is 32.9 Å². The number of rotatable bonds is 12. The molecule has 0 bridgehead atoms. The number of hydrogen-bond acceptors (Lipinski definition) is 7. The molecule has 184 valence electrons.